The van der Waals surface area contributed by atoms with E-state index in [4.69, 9.17) is 5.73 Å². The molecular weight excluding hydrogens is 232 g/mol. The number of anilines is 1. The van der Waals surface area contributed by atoms with Crippen LogP contribution in [0.2, 0.25) is 0 Å². The van der Waals surface area contributed by atoms with E-state index in [2.05, 4.69) is 11.4 Å². The number of nitrogens with one attached hydrogen (secondary N) is 1. The van der Waals surface area contributed by atoms with Gasteiger partial charge in [-0.3, -0.25) is 0 Å². The molecular formula is C13H20N2OS. The van der Waals surface area contributed by atoms with Gasteiger partial charge in [-0.05, 0) is 50.6 Å². The van der Waals surface area contributed by atoms with Crippen molar-refractivity contribution >= 4 is 17.4 Å². The van der Waals surface area contributed by atoms with Gasteiger partial charge in [0.15, 0.2) is 0 Å². The first-order chi connectivity index (χ1) is 8.11. The van der Waals surface area contributed by atoms with Gasteiger partial charge >= 0.3 is 0 Å². The van der Waals surface area contributed by atoms with Gasteiger partial charge in [-0.1, -0.05) is 6.07 Å². The van der Waals surface area contributed by atoms with Gasteiger partial charge < -0.3 is 16.2 Å². The Morgan fingerprint density at radius 1 is 1.41 bits per heavy atom. The summed E-state index contributed by atoms with van der Waals surface area (Å²) < 4.78 is 0. The van der Waals surface area contributed by atoms with Crippen molar-refractivity contribution in [3.8, 4) is 0 Å². The van der Waals surface area contributed by atoms with Gasteiger partial charge in [-0.25, -0.2) is 0 Å². The van der Waals surface area contributed by atoms with Crippen LogP contribution >= 0.6 is 11.8 Å². The molecule has 4 N–H and O–H groups in total. The fraction of sp³-hybridized carbons (Fsp3) is 0.538. The van der Waals surface area contributed by atoms with E-state index in [1.54, 1.807) is 11.8 Å². The van der Waals surface area contributed by atoms with Gasteiger partial charge in [0.2, 0.25) is 0 Å². The Bertz CT molecular complexity index is 389. The van der Waals surface area contributed by atoms with E-state index in [9.17, 15) is 5.11 Å². The first kappa shape index (κ1) is 12.7. The molecule has 0 radical (unpaired) electrons. The molecule has 1 fully saturated rings. The Morgan fingerprint density at radius 3 is 2.82 bits per heavy atom. The Balaban J connectivity index is 1.99. The minimum Gasteiger partial charge on any atom is -0.398 e. The van der Waals surface area contributed by atoms with Crippen LogP contribution in [0.25, 0.3) is 0 Å². The lowest BCUT2D eigenvalue weighted by Crippen LogP contribution is -2.43. The van der Waals surface area contributed by atoms with Crippen LogP contribution in [0.5, 0.6) is 0 Å². The minimum atomic E-state index is -0.521. The third-order valence-corrected chi connectivity index (χ3v) is 4.79. The highest BCUT2D eigenvalue weighted by Gasteiger charge is 2.29. The quantitative estimate of drug-likeness (QED) is 0.567. The third-order valence-electron chi connectivity index (χ3n) is 3.36. The monoisotopic (exact) mass is 252 g/mol. The molecule has 1 saturated heterocycles. The molecule has 1 aromatic carbocycles. The number of aliphatic hydroxyl groups is 1. The van der Waals surface area contributed by atoms with E-state index < -0.39 is 5.60 Å². The number of thioether (sulfide) groups is 1. The molecule has 0 atom stereocenters. The van der Waals surface area contributed by atoms with Crippen LogP contribution in [0.3, 0.4) is 0 Å². The standard InChI is InChI=1S/C13H20N2OS/c1-10-11(14)3-2-4-12(10)17-9-13(16)5-7-15-8-6-13/h2-4,15-16H,5-9,14H2,1H3. The molecule has 17 heavy (non-hydrogen) atoms. The summed E-state index contributed by atoms with van der Waals surface area (Å²) in [6.45, 7) is 3.85. The second-order valence-corrected chi connectivity index (χ2v) is 5.75. The van der Waals surface area contributed by atoms with Crippen LogP contribution < -0.4 is 11.1 Å². The first-order valence-electron chi connectivity index (χ1n) is 6.02. The number of hydrogen-bond donors (Lipinski definition) is 3. The second-order valence-electron chi connectivity index (χ2n) is 4.73. The summed E-state index contributed by atoms with van der Waals surface area (Å²) in [5, 5.41) is 13.7. The molecule has 4 heteroatoms. The smallest absolute Gasteiger partial charge is 0.0765 e. The zero-order valence-corrected chi connectivity index (χ0v) is 11.0. The van der Waals surface area contributed by atoms with Crippen LogP contribution in [0.15, 0.2) is 23.1 Å². The maximum absolute atomic E-state index is 10.4. The Morgan fingerprint density at radius 2 is 2.12 bits per heavy atom. The Hall–Kier alpha value is -0.710. The third kappa shape index (κ3) is 3.15. The van der Waals surface area contributed by atoms with Crippen molar-refractivity contribution < 1.29 is 5.11 Å². The summed E-state index contributed by atoms with van der Waals surface area (Å²) >= 11 is 1.71. The normalized spacial score (nSPS) is 19.2. The molecule has 0 unspecified atom stereocenters. The van der Waals surface area contributed by atoms with Crippen LogP contribution in [0, 0.1) is 6.92 Å². The second kappa shape index (κ2) is 5.29. The lowest BCUT2D eigenvalue weighted by molar-refractivity contribution is 0.0339. The SMILES string of the molecule is Cc1c(N)cccc1SCC1(O)CCNCC1. The average Bonchev–Trinajstić information content (AvgIpc) is 2.32. The highest BCUT2D eigenvalue weighted by molar-refractivity contribution is 7.99. The minimum absolute atomic E-state index is 0.521. The highest BCUT2D eigenvalue weighted by Crippen LogP contribution is 2.31. The Kier molecular flexibility index (Phi) is 3.97. The Labute approximate surface area is 107 Å². The summed E-state index contributed by atoms with van der Waals surface area (Å²) in [5.74, 6) is 0.749. The number of nitrogens with two attached hydrogens (primary N) is 1. The van der Waals surface area contributed by atoms with E-state index >= 15 is 0 Å². The number of piperidine rings is 1. The van der Waals surface area contributed by atoms with Crippen molar-refractivity contribution in [2.24, 2.45) is 0 Å². The molecule has 0 amide bonds. The lowest BCUT2D eigenvalue weighted by atomic mass is 9.95. The summed E-state index contributed by atoms with van der Waals surface area (Å²) in [5.41, 5.74) is 7.30. The van der Waals surface area contributed by atoms with Crippen molar-refractivity contribution in [3.63, 3.8) is 0 Å². The molecule has 3 nitrogen and oxygen atoms in total. The molecule has 0 saturated carbocycles. The van der Waals surface area contributed by atoms with Crippen LogP contribution in [0.4, 0.5) is 5.69 Å². The average molecular weight is 252 g/mol. The zero-order chi connectivity index (χ0) is 12.3. The van der Waals surface area contributed by atoms with Gasteiger partial charge in [-0.15, -0.1) is 11.8 Å². The summed E-state index contributed by atoms with van der Waals surface area (Å²) in [7, 11) is 0. The van der Waals surface area contributed by atoms with Crippen LogP contribution in [-0.2, 0) is 0 Å². The van der Waals surface area contributed by atoms with Crippen molar-refractivity contribution in [2.45, 2.75) is 30.3 Å². The lowest BCUT2D eigenvalue weighted by Gasteiger charge is -2.32. The predicted molar refractivity (Wildman–Crippen MR) is 73.4 cm³/mol. The van der Waals surface area contributed by atoms with Crippen LogP contribution in [0.1, 0.15) is 18.4 Å². The van der Waals surface area contributed by atoms with Crippen molar-refractivity contribution in [1.82, 2.24) is 5.32 Å². The molecule has 0 aliphatic carbocycles. The zero-order valence-electron chi connectivity index (χ0n) is 10.2. The van der Waals surface area contributed by atoms with Crippen molar-refractivity contribution in [1.29, 1.82) is 0 Å². The van der Waals surface area contributed by atoms with Crippen molar-refractivity contribution in [2.75, 3.05) is 24.6 Å². The van der Waals surface area contributed by atoms with Gasteiger partial charge in [-0.2, -0.15) is 0 Å². The van der Waals surface area contributed by atoms with Gasteiger partial charge in [0.05, 0.1) is 5.60 Å². The van der Waals surface area contributed by atoms with Gasteiger partial charge in [0.1, 0.15) is 0 Å². The summed E-state index contributed by atoms with van der Waals surface area (Å²) in [6, 6.07) is 5.95. The van der Waals surface area contributed by atoms with Crippen LogP contribution in [-0.4, -0.2) is 29.5 Å². The fourth-order valence-electron chi connectivity index (χ4n) is 2.04. The topological polar surface area (TPSA) is 58.3 Å². The highest BCUT2D eigenvalue weighted by atomic mass is 32.2. The van der Waals surface area contributed by atoms with E-state index in [1.807, 2.05) is 19.1 Å². The molecule has 0 aromatic heterocycles. The predicted octanol–water partition coefficient (Wildman–Crippen LogP) is 1.78. The molecule has 0 bridgehead atoms. The summed E-state index contributed by atoms with van der Waals surface area (Å²) in [4.78, 5) is 1.18. The maximum Gasteiger partial charge on any atom is 0.0765 e. The van der Waals surface area contributed by atoms with Gasteiger partial charge in [0.25, 0.3) is 0 Å². The van der Waals surface area contributed by atoms with E-state index in [1.165, 1.54) is 4.90 Å². The molecule has 1 heterocycles. The molecule has 1 aliphatic rings. The van der Waals surface area contributed by atoms with Gasteiger partial charge in [0, 0.05) is 16.3 Å². The van der Waals surface area contributed by atoms with E-state index in [0.717, 1.165) is 42.9 Å². The fourth-order valence-corrected chi connectivity index (χ4v) is 3.26. The maximum atomic E-state index is 10.4. The summed E-state index contributed by atoms with van der Waals surface area (Å²) in [6.07, 6.45) is 1.67. The first-order valence-corrected chi connectivity index (χ1v) is 7.00. The number of benzene rings is 1. The van der Waals surface area contributed by atoms with E-state index in [-0.39, 0.29) is 0 Å². The number of nitrogen functional groups attached to an aromatic ring is 1. The number of hydrogen-bond acceptors (Lipinski definition) is 4. The molecule has 0 spiro atoms. The van der Waals surface area contributed by atoms with E-state index in [0.29, 0.717) is 0 Å². The van der Waals surface area contributed by atoms with Crippen molar-refractivity contribution in [3.05, 3.63) is 23.8 Å². The largest absolute Gasteiger partial charge is 0.398 e. The molecule has 1 aliphatic heterocycles. The molecule has 94 valence electrons. The number of rotatable bonds is 3. The molecule has 2 rings (SSSR count). The molecule has 1 aromatic rings.